The van der Waals surface area contributed by atoms with Crippen LogP contribution in [0.1, 0.15) is 12.5 Å². The number of rotatable bonds is 1. The van der Waals surface area contributed by atoms with E-state index in [4.69, 9.17) is 0 Å². The van der Waals surface area contributed by atoms with Crippen molar-refractivity contribution in [3.05, 3.63) is 24.3 Å². The van der Waals surface area contributed by atoms with E-state index in [1.165, 1.54) is 0 Å². The molecule has 1 aliphatic rings. The molecule has 0 radical (unpaired) electrons. The summed E-state index contributed by atoms with van der Waals surface area (Å²) in [6.07, 6.45) is -1.91. The van der Waals surface area contributed by atoms with Crippen molar-refractivity contribution in [1.29, 1.82) is 0 Å². The smallest absolute Gasteiger partial charge is 0.259 e. The van der Waals surface area contributed by atoms with Crippen molar-refractivity contribution < 1.29 is 8.78 Å². The monoisotopic (exact) mass is 223 g/mol. The Hall–Kier alpha value is -1.65. The van der Waals surface area contributed by atoms with E-state index >= 15 is 0 Å². The maximum absolute atomic E-state index is 12.9. The van der Waals surface area contributed by atoms with Crippen molar-refractivity contribution in [3.8, 4) is 0 Å². The lowest BCUT2D eigenvalue weighted by Crippen LogP contribution is -2.27. The molecule has 2 heterocycles. The van der Waals surface area contributed by atoms with Crippen LogP contribution in [0.4, 0.5) is 14.7 Å². The van der Waals surface area contributed by atoms with E-state index in [9.17, 15) is 8.78 Å². The van der Waals surface area contributed by atoms with E-state index in [-0.39, 0.29) is 0 Å². The van der Waals surface area contributed by atoms with Gasteiger partial charge in [0, 0.05) is 6.54 Å². The zero-order valence-electron chi connectivity index (χ0n) is 8.53. The molecular formula is C11H11F2N3. The first-order valence-corrected chi connectivity index (χ1v) is 5.26. The molecule has 1 aliphatic heterocycles. The predicted molar refractivity (Wildman–Crippen MR) is 57.9 cm³/mol. The summed E-state index contributed by atoms with van der Waals surface area (Å²) in [5.74, 6) is 0.553. The number of aromatic nitrogens is 2. The molecule has 1 unspecified atom stereocenters. The highest BCUT2D eigenvalue weighted by molar-refractivity contribution is 5.79. The van der Waals surface area contributed by atoms with E-state index in [1.54, 1.807) is 4.57 Å². The van der Waals surface area contributed by atoms with Crippen LogP contribution >= 0.6 is 0 Å². The standard InChI is InChI=1S/C11H11F2N3/c12-10(13)9-5-6-14-11-15-7-3-1-2-4-8(7)16(9)11/h1-4,9-10H,5-6H2,(H,14,15). The first kappa shape index (κ1) is 9.57. The van der Waals surface area contributed by atoms with Gasteiger partial charge in [-0.15, -0.1) is 0 Å². The van der Waals surface area contributed by atoms with Crippen LogP contribution in [0.25, 0.3) is 11.0 Å². The molecule has 0 bridgehead atoms. The number of anilines is 1. The second kappa shape index (κ2) is 3.43. The van der Waals surface area contributed by atoms with Crippen molar-refractivity contribution >= 4 is 17.0 Å². The van der Waals surface area contributed by atoms with E-state index < -0.39 is 12.5 Å². The summed E-state index contributed by atoms with van der Waals surface area (Å²) in [7, 11) is 0. The lowest BCUT2D eigenvalue weighted by Gasteiger charge is -2.25. The molecule has 84 valence electrons. The minimum absolute atomic E-state index is 0.436. The number of benzene rings is 1. The molecule has 0 spiro atoms. The van der Waals surface area contributed by atoms with Crippen LogP contribution in [0.2, 0.25) is 0 Å². The van der Waals surface area contributed by atoms with Gasteiger partial charge in [-0.05, 0) is 18.6 Å². The number of hydrogen-bond donors (Lipinski definition) is 1. The number of halogens is 2. The molecule has 0 saturated heterocycles. The lowest BCUT2D eigenvalue weighted by atomic mass is 10.1. The van der Waals surface area contributed by atoms with Gasteiger partial charge in [-0.25, -0.2) is 13.8 Å². The minimum atomic E-state index is -2.35. The molecule has 1 aromatic carbocycles. The highest BCUT2D eigenvalue weighted by atomic mass is 19.3. The third kappa shape index (κ3) is 1.27. The molecule has 0 saturated carbocycles. The molecule has 1 atom stereocenters. The largest absolute Gasteiger partial charge is 0.356 e. The molecular weight excluding hydrogens is 212 g/mol. The highest BCUT2D eigenvalue weighted by Gasteiger charge is 2.29. The van der Waals surface area contributed by atoms with Gasteiger partial charge in [0.05, 0.1) is 17.1 Å². The molecule has 0 amide bonds. The Balaban J connectivity index is 2.24. The number of para-hydroxylation sites is 2. The first-order chi connectivity index (χ1) is 7.77. The Labute approximate surface area is 91.1 Å². The molecule has 3 nitrogen and oxygen atoms in total. The van der Waals surface area contributed by atoms with E-state index in [0.29, 0.717) is 18.9 Å². The first-order valence-electron chi connectivity index (χ1n) is 5.26. The van der Waals surface area contributed by atoms with Crippen LogP contribution in [-0.4, -0.2) is 22.5 Å². The van der Waals surface area contributed by atoms with Crippen molar-refractivity contribution in [1.82, 2.24) is 9.55 Å². The SMILES string of the molecule is FC(F)C1CCNc2nc3ccccc3n21. The number of alkyl halides is 2. The number of imidazole rings is 1. The molecule has 2 aromatic rings. The van der Waals surface area contributed by atoms with E-state index in [0.717, 1.165) is 11.0 Å². The summed E-state index contributed by atoms with van der Waals surface area (Å²) in [5.41, 5.74) is 1.53. The Morgan fingerprint density at radius 2 is 2.19 bits per heavy atom. The van der Waals surface area contributed by atoms with Gasteiger partial charge in [0.1, 0.15) is 0 Å². The minimum Gasteiger partial charge on any atom is -0.356 e. The second-order valence-electron chi connectivity index (χ2n) is 3.91. The van der Waals surface area contributed by atoms with Gasteiger partial charge in [-0.3, -0.25) is 0 Å². The molecule has 1 N–H and O–H groups in total. The molecule has 0 fully saturated rings. The lowest BCUT2D eigenvalue weighted by molar-refractivity contribution is 0.0797. The summed E-state index contributed by atoms with van der Waals surface area (Å²) < 4.78 is 27.5. The Kier molecular flexibility index (Phi) is 2.05. The van der Waals surface area contributed by atoms with Gasteiger partial charge in [-0.1, -0.05) is 12.1 Å². The van der Waals surface area contributed by atoms with Gasteiger partial charge in [0.25, 0.3) is 6.43 Å². The molecule has 1 aromatic heterocycles. The molecule has 0 aliphatic carbocycles. The Morgan fingerprint density at radius 1 is 1.38 bits per heavy atom. The highest BCUT2D eigenvalue weighted by Crippen LogP contribution is 2.32. The maximum atomic E-state index is 12.9. The number of hydrogen-bond acceptors (Lipinski definition) is 2. The Morgan fingerprint density at radius 3 is 3.00 bits per heavy atom. The summed E-state index contributed by atoms with van der Waals surface area (Å²) in [6.45, 7) is 0.554. The number of fused-ring (bicyclic) bond motifs is 3. The fourth-order valence-corrected chi connectivity index (χ4v) is 2.20. The fourth-order valence-electron chi connectivity index (χ4n) is 2.20. The second-order valence-corrected chi connectivity index (χ2v) is 3.91. The van der Waals surface area contributed by atoms with Crippen molar-refractivity contribution in [2.45, 2.75) is 18.9 Å². The molecule has 3 rings (SSSR count). The zero-order chi connectivity index (χ0) is 11.1. The van der Waals surface area contributed by atoms with Crippen molar-refractivity contribution in [2.75, 3.05) is 11.9 Å². The van der Waals surface area contributed by atoms with Crippen LogP contribution in [0.3, 0.4) is 0 Å². The summed E-state index contributed by atoms with van der Waals surface area (Å²) in [5, 5.41) is 3.06. The summed E-state index contributed by atoms with van der Waals surface area (Å²) in [6, 6.07) is 6.61. The van der Waals surface area contributed by atoms with Crippen LogP contribution in [0.5, 0.6) is 0 Å². The van der Waals surface area contributed by atoms with Crippen LogP contribution < -0.4 is 5.32 Å². The van der Waals surface area contributed by atoms with Crippen molar-refractivity contribution in [2.24, 2.45) is 0 Å². The van der Waals surface area contributed by atoms with Crippen LogP contribution in [0, 0.1) is 0 Å². The maximum Gasteiger partial charge on any atom is 0.259 e. The molecule has 16 heavy (non-hydrogen) atoms. The van der Waals surface area contributed by atoms with Gasteiger partial charge in [-0.2, -0.15) is 0 Å². The quantitative estimate of drug-likeness (QED) is 0.805. The van der Waals surface area contributed by atoms with Gasteiger partial charge < -0.3 is 9.88 Å². The van der Waals surface area contributed by atoms with Gasteiger partial charge >= 0.3 is 0 Å². The predicted octanol–water partition coefficient (Wildman–Crippen LogP) is 2.66. The summed E-state index contributed by atoms with van der Waals surface area (Å²) >= 11 is 0. The van der Waals surface area contributed by atoms with E-state index in [2.05, 4.69) is 10.3 Å². The average molecular weight is 223 g/mol. The van der Waals surface area contributed by atoms with Crippen molar-refractivity contribution in [3.63, 3.8) is 0 Å². The number of nitrogens with one attached hydrogen (secondary N) is 1. The van der Waals surface area contributed by atoms with Gasteiger partial charge in [0.15, 0.2) is 0 Å². The average Bonchev–Trinajstić information content (AvgIpc) is 2.66. The zero-order valence-corrected chi connectivity index (χ0v) is 8.53. The van der Waals surface area contributed by atoms with Crippen LogP contribution in [-0.2, 0) is 0 Å². The normalized spacial score (nSPS) is 19.8. The summed E-state index contributed by atoms with van der Waals surface area (Å²) in [4.78, 5) is 4.30. The van der Waals surface area contributed by atoms with Gasteiger partial charge in [0.2, 0.25) is 5.95 Å². The van der Waals surface area contributed by atoms with E-state index in [1.807, 2.05) is 24.3 Å². The van der Waals surface area contributed by atoms with Crippen LogP contribution in [0.15, 0.2) is 24.3 Å². The fraction of sp³-hybridized carbons (Fsp3) is 0.364. The number of nitrogens with zero attached hydrogens (tertiary/aromatic N) is 2. The topological polar surface area (TPSA) is 29.9 Å². The Bertz CT molecular complexity index is 521. The molecule has 5 heteroatoms. The third-order valence-electron chi connectivity index (χ3n) is 2.94. The third-order valence-corrected chi connectivity index (χ3v) is 2.94.